The van der Waals surface area contributed by atoms with Gasteiger partial charge in [-0.2, -0.15) is 13.2 Å². The number of benzene rings is 1. The number of aliphatic hydroxyl groups is 2. The highest BCUT2D eigenvalue weighted by molar-refractivity contribution is 5.80. The van der Waals surface area contributed by atoms with E-state index in [1.165, 1.54) is 58.3 Å². The average molecular weight is 782 g/mol. The molecule has 55 heavy (non-hydrogen) atoms. The van der Waals surface area contributed by atoms with Crippen molar-refractivity contribution in [1.82, 2.24) is 4.90 Å². The van der Waals surface area contributed by atoms with E-state index < -0.39 is 47.6 Å². The van der Waals surface area contributed by atoms with Gasteiger partial charge >= 0.3 is 18.1 Å². The standard InChI is InChI=1S/C40H61NO7.C2HF3O.CH4/c1-6-7-8-9-10-11-12-13-14-15-16-17-18-19-20-21-34(43)46-30(3)38(44)47-33-24-25-40(45)31(4)41(5)27-26-39(40)35-29(2)22-23-32(28-42)36(35)48-37(33)39;3-2(4,5)1-6;/h13-14,22-24,30-31,37,42,45H,6-12,15-21,25-28H2,1-5H3;1H;1H4/b14-13-;;/t30-,31+,37-,39-,40+;;/m0../s1. The lowest BCUT2D eigenvalue weighted by Crippen LogP contribution is -2.71. The number of aryl methyl sites for hydroxylation is 1. The first-order chi connectivity index (χ1) is 25.7. The van der Waals surface area contributed by atoms with Crippen LogP contribution in [-0.4, -0.2) is 77.0 Å². The first-order valence-corrected chi connectivity index (χ1v) is 19.8. The minimum atomic E-state index is -4.64. The van der Waals surface area contributed by atoms with Crippen LogP contribution in [0.5, 0.6) is 5.75 Å². The predicted molar refractivity (Wildman–Crippen MR) is 208 cm³/mol. The molecule has 12 heteroatoms. The van der Waals surface area contributed by atoms with E-state index >= 15 is 0 Å². The zero-order valence-corrected chi connectivity index (χ0v) is 32.8. The van der Waals surface area contributed by atoms with Crippen LogP contribution in [0.15, 0.2) is 36.1 Å². The van der Waals surface area contributed by atoms with Crippen LogP contribution in [0.2, 0.25) is 0 Å². The van der Waals surface area contributed by atoms with E-state index in [1.54, 1.807) is 6.08 Å². The smallest absolute Gasteiger partial charge is 0.446 e. The summed E-state index contributed by atoms with van der Waals surface area (Å²) in [6.45, 7) is 8.31. The quantitative estimate of drug-likeness (QED) is 0.0613. The maximum atomic E-state index is 13.3. The molecule has 4 rings (SSSR count). The monoisotopic (exact) mass is 781 g/mol. The van der Waals surface area contributed by atoms with Crippen molar-refractivity contribution in [3.8, 4) is 5.75 Å². The third-order valence-corrected chi connectivity index (χ3v) is 11.2. The number of ether oxygens (including phenoxy) is 3. The zero-order chi connectivity index (χ0) is 39.9. The van der Waals surface area contributed by atoms with Crippen molar-refractivity contribution in [2.75, 3.05) is 13.6 Å². The van der Waals surface area contributed by atoms with Crippen LogP contribution in [0, 0.1) is 6.92 Å². The van der Waals surface area contributed by atoms with Gasteiger partial charge in [0.25, 0.3) is 0 Å². The number of likely N-dealkylation sites (tertiary alicyclic amines) is 1. The number of nitrogens with zero attached hydrogens (tertiary/aromatic N) is 1. The highest BCUT2D eigenvalue weighted by atomic mass is 19.4. The van der Waals surface area contributed by atoms with Gasteiger partial charge in [0, 0.05) is 30.0 Å². The number of esters is 2. The van der Waals surface area contributed by atoms with Crippen molar-refractivity contribution in [3.63, 3.8) is 0 Å². The molecule has 2 heterocycles. The number of aliphatic hydroxyl groups excluding tert-OH is 1. The van der Waals surface area contributed by atoms with Gasteiger partial charge < -0.3 is 29.3 Å². The number of alkyl halides is 3. The number of allylic oxidation sites excluding steroid dienone is 2. The molecule has 0 unspecified atom stereocenters. The molecule has 1 aromatic carbocycles. The Hall–Kier alpha value is -3.22. The van der Waals surface area contributed by atoms with E-state index in [-0.39, 0.29) is 32.9 Å². The van der Waals surface area contributed by atoms with Gasteiger partial charge in [-0.25, -0.2) is 4.79 Å². The summed E-state index contributed by atoms with van der Waals surface area (Å²) in [5, 5.41) is 22.5. The molecule has 2 aliphatic heterocycles. The Balaban J connectivity index is 0.00000138. The minimum Gasteiger partial charge on any atom is -0.481 e. The number of hydrogen-bond acceptors (Lipinski definition) is 9. The van der Waals surface area contributed by atoms with E-state index in [1.807, 2.05) is 33.0 Å². The maximum absolute atomic E-state index is 13.3. The van der Waals surface area contributed by atoms with E-state index in [9.17, 15) is 33.0 Å². The first-order valence-electron chi connectivity index (χ1n) is 19.8. The van der Waals surface area contributed by atoms with Crippen molar-refractivity contribution < 1.29 is 52.0 Å². The zero-order valence-electron chi connectivity index (χ0n) is 32.8. The Bertz CT molecular complexity index is 1450. The molecule has 1 aromatic rings. The molecule has 0 bridgehead atoms. The summed E-state index contributed by atoms with van der Waals surface area (Å²) in [6, 6.07) is 3.60. The van der Waals surface area contributed by atoms with Gasteiger partial charge in [0.2, 0.25) is 6.29 Å². The summed E-state index contributed by atoms with van der Waals surface area (Å²) in [4.78, 5) is 36.7. The van der Waals surface area contributed by atoms with Crippen LogP contribution in [0.1, 0.15) is 148 Å². The first kappa shape index (κ1) is 47.9. The van der Waals surface area contributed by atoms with E-state index in [2.05, 4.69) is 24.0 Å². The Labute approximate surface area is 326 Å². The van der Waals surface area contributed by atoms with Gasteiger partial charge in [0.15, 0.2) is 12.2 Å². The lowest BCUT2D eigenvalue weighted by atomic mass is 9.54. The Kier molecular flexibility index (Phi) is 19.6. The molecule has 1 spiro atoms. The second-order valence-electron chi connectivity index (χ2n) is 15.1. The third kappa shape index (κ3) is 12.4. The number of piperidine rings is 1. The topological polar surface area (TPSA) is 123 Å². The van der Waals surface area contributed by atoms with Gasteiger partial charge in [-0.3, -0.25) is 9.59 Å². The molecular formula is C43H66F3NO8. The third-order valence-electron chi connectivity index (χ3n) is 11.2. The summed E-state index contributed by atoms with van der Waals surface area (Å²) < 4.78 is 49.2. The van der Waals surface area contributed by atoms with E-state index in [0.29, 0.717) is 23.5 Å². The molecule has 1 saturated heterocycles. The Morgan fingerprint density at radius 3 is 2.20 bits per heavy atom. The molecule has 3 aliphatic rings. The van der Waals surface area contributed by atoms with Gasteiger partial charge in [-0.05, 0) is 84.5 Å². The summed E-state index contributed by atoms with van der Waals surface area (Å²) in [6.07, 6.45) is 15.4. The van der Waals surface area contributed by atoms with Crippen LogP contribution in [0.3, 0.4) is 0 Å². The fourth-order valence-electron chi connectivity index (χ4n) is 8.04. The number of carbonyl (C=O) groups is 3. The predicted octanol–water partition coefficient (Wildman–Crippen LogP) is 9.12. The fraction of sp³-hybridized carbons (Fsp3) is 0.698. The summed E-state index contributed by atoms with van der Waals surface area (Å²) in [5.41, 5.74) is 0.425. The highest BCUT2D eigenvalue weighted by Gasteiger charge is 2.69. The van der Waals surface area contributed by atoms with Crippen LogP contribution in [0.4, 0.5) is 13.2 Å². The molecule has 0 radical (unpaired) electrons. The molecule has 0 saturated carbocycles. The molecule has 312 valence electrons. The number of unbranched alkanes of at least 4 members (excludes halogenated alkanes) is 11. The van der Waals surface area contributed by atoms with Crippen LogP contribution >= 0.6 is 0 Å². The van der Waals surface area contributed by atoms with Gasteiger partial charge in [0.1, 0.15) is 11.5 Å². The van der Waals surface area contributed by atoms with Crippen LogP contribution in [-0.2, 0) is 35.9 Å². The van der Waals surface area contributed by atoms with Crippen molar-refractivity contribution in [2.24, 2.45) is 0 Å². The maximum Gasteiger partial charge on any atom is 0.446 e. The van der Waals surface area contributed by atoms with Crippen LogP contribution in [0.25, 0.3) is 0 Å². The van der Waals surface area contributed by atoms with Gasteiger partial charge in [0.05, 0.1) is 17.6 Å². The second kappa shape index (κ2) is 22.5. The fourth-order valence-corrected chi connectivity index (χ4v) is 8.04. The van der Waals surface area contributed by atoms with Gasteiger partial charge in [-0.1, -0.05) is 90.0 Å². The molecule has 0 aromatic heterocycles. The highest BCUT2D eigenvalue weighted by Crippen LogP contribution is 2.61. The lowest BCUT2D eigenvalue weighted by Gasteiger charge is -2.58. The van der Waals surface area contributed by atoms with Crippen molar-refractivity contribution in [1.29, 1.82) is 0 Å². The second-order valence-corrected chi connectivity index (χ2v) is 15.1. The summed E-state index contributed by atoms with van der Waals surface area (Å²) in [7, 11) is 2.00. The summed E-state index contributed by atoms with van der Waals surface area (Å²) in [5.74, 6) is -0.196. The molecule has 2 N–H and O–H groups in total. The van der Waals surface area contributed by atoms with Gasteiger partial charge in [-0.15, -0.1) is 0 Å². The van der Waals surface area contributed by atoms with E-state index in [0.717, 1.165) is 49.8 Å². The number of rotatable bonds is 19. The van der Waals surface area contributed by atoms with Crippen molar-refractivity contribution in [2.45, 2.75) is 180 Å². The molecule has 5 atom stereocenters. The number of halogens is 3. The number of hydrogen-bond donors (Lipinski definition) is 2. The molecule has 0 amide bonds. The van der Waals surface area contributed by atoms with Crippen molar-refractivity contribution >= 4 is 18.2 Å². The number of fused-ring (bicyclic) bond motifs is 1. The number of carbonyl (C=O) groups excluding carboxylic acids is 3. The number of aldehydes is 1. The largest absolute Gasteiger partial charge is 0.481 e. The molecule has 9 nitrogen and oxygen atoms in total. The Morgan fingerprint density at radius 2 is 1.62 bits per heavy atom. The minimum absolute atomic E-state index is 0. The SMILES string of the molecule is C.CCCCCCCC/C=C\CCCCCCCC(=O)O[C@@H](C)C(=O)OC1=CC[C@@]2(O)[C@@H](C)N(C)CC[C@@]23c2c(C)ccc(CO)c2O[C@@H]13.O=CC(F)(F)F. The lowest BCUT2D eigenvalue weighted by molar-refractivity contribution is -0.171. The molecular weight excluding hydrogens is 715 g/mol. The molecule has 1 aliphatic carbocycles. The van der Waals surface area contributed by atoms with E-state index in [4.69, 9.17) is 19.0 Å². The normalized spacial score (nSPS) is 23.5. The number of likely N-dealkylation sites (N-methyl/N-ethyl adjacent to an activating group) is 1. The average Bonchev–Trinajstić information content (AvgIpc) is 3.50. The Morgan fingerprint density at radius 1 is 1.04 bits per heavy atom. The van der Waals surface area contributed by atoms with Crippen LogP contribution < -0.4 is 4.74 Å². The van der Waals surface area contributed by atoms with Crippen molar-refractivity contribution in [3.05, 3.63) is 52.8 Å². The molecule has 1 fully saturated rings. The summed E-state index contributed by atoms with van der Waals surface area (Å²) >= 11 is 0.